The summed E-state index contributed by atoms with van der Waals surface area (Å²) in [6.07, 6.45) is -0.180. The minimum absolute atomic E-state index is 0.0499. The molecule has 0 bridgehead atoms. The van der Waals surface area contributed by atoms with E-state index in [1.165, 1.54) is 11.8 Å². The number of rotatable bonds is 8. The van der Waals surface area contributed by atoms with Crippen molar-refractivity contribution in [1.29, 1.82) is 0 Å². The smallest absolute Gasteiger partial charge is 0.275 e. The van der Waals surface area contributed by atoms with E-state index < -0.39 is 28.7 Å². The first-order valence-electron chi connectivity index (χ1n) is 8.77. The molecule has 0 saturated carbocycles. The standard InChI is InChI=1S/C18H22F2N4O3S/c1-10(2)21-16(26)8-24(3)9-17-23-18(27)14(28-17)7-15(25)22-13-5-4-11(19)6-12(13)20/h4-6,10,14H,7-9H2,1-3H3,(H,21,26)(H,22,25)/p+1/t14-/m0/s1. The van der Waals surface area contributed by atoms with Crippen molar-refractivity contribution >= 4 is 40.2 Å². The highest BCUT2D eigenvalue weighted by Gasteiger charge is 2.32. The molecule has 1 heterocycles. The molecule has 1 unspecified atom stereocenters. The predicted octanol–water partition coefficient (Wildman–Crippen LogP) is 0.373. The number of anilines is 1. The molecule has 0 aliphatic carbocycles. The summed E-state index contributed by atoms with van der Waals surface area (Å²) in [5, 5.41) is 4.97. The van der Waals surface area contributed by atoms with E-state index in [-0.39, 0.29) is 30.6 Å². The van der Waals surface area contributed by atoms with Crippen molar-refractivity contribution in [2.75, 3.05) is 25.5 Å². The van der Waals surface area contributed by atoms with Crippen LogP contribution >= 0.6 is 11.8 Å². The van der Waals surface area contributed by atoms with Gasteiger partial charge in [0.2, 0.25) is 5.91 Å². The summed E-state index contributed by atoms with van der Waals surface area (Å²) in [6, 6.07) is 2.87. The van der Waals surface area contributed by atoms with E-state index in [0.29, 0.717) is 17.7 Å². The van der Waals surface area contributed by atoms with Crippen LogP contribution in [0.5, 0.6) is 0 Å². The topological polar surface area (TPSA) is 92.1 Å². The fourth-order valence-corrected chi connectivity index (χ4v) is 3.76. The van der Waals surface area contributed by atoms with Crippen molar-refractivity contribution < 1.29 is 28.1 Å². The Morgan fingerprint density at radius 2 is 2.00 bits per heavy atom. The van der Waals surface area contributed by atoms with Gasteiger partial charge in [-0.2, -0.15) is 0 Å². The summed E-state index contributed by atoms with van der Waals surface area (Å²) in [5.41, 5.74) is -0.150. The third-order valence-electron chi connectivity index (χ3n) is 3.73. The van der Waals surface area contributed by atoms with Gasteiger partial charge in [-0.25, -0.2) is 13.8 Å². The first-order valence-corrected chi connectivity index (χ1v) is 9.65. The SMILES string of the molecule is CC(C)NC(=O)C[NH+](C)CC1=NC(=O)[C@H](CC(=O)Nc2ccc(F)cc2F)S1. The average Bonchev–Trinajstić information content (AvgIpc) is 2.88. The molecule has 1 aromatic rings. The lowest BCUT2D eigenvalue weighted by atomic mass is 10.2. The number of hydrogen-bond donors (Lipinski definition) is 3. The largest absolute Gasteiger partial charge is 0.349 e. The molecule has 0 aromatic heterocycles. The number of hydrogen-bond acceptors (Lipinski definition) is 4. The lowest BCUT2D eigenvalue weighted by molar-refractivity contribution is -0.861. The van der Waals surface area contributed by atoms with Gasteiger partial charge in [0.05, 0.1) is 12.7 Å². The quantitative estimate of drug-likeness (QED) is 0.574. The van der Waals surface area contributed by atoms with Gasteiger partial charge in [0.25, 0.3) is 11.8 Å². The van der Waals surface area contributed by atoms with E-state index >= 15 is 0 Å². The van der Waals surface area contributed by atoms with Crippen LogP contribution in [0.4, 0.5) is 14.5 Å². The number of carbonyl (C=O) groups is 3. The van der Waals surface area contributed by atoms with E-state index in [2.05, 4.69) is 15.6 Å². The Morgan fingerprint density at radius 1 is 1.29 bits per heavy atom. The van der Waals surface area contributed by atoms with Gasteiger partial charge >= 0.3 is 0 Å². The zero-order valence-electron chi connectivity index (χ0n) is 15.8. The van der Waals surface area contributed by atoms with E-state index in [4.69, 9.17) is 0 Å². The number of nitrogens with zero attached hydrogens (tertiary/aromatic N) is 1. The van der Waals surface area contributed by atoms with Crippen LogP contribution < -0.4 is 15.5 Å². The second-order valence-electron chi connectivity index (χ2n) is 6.86. The van der Waals surface area contributed by atoms with Crippen LogP contribution in [-0.4, -0.2) is 54.2 Å². The summed E-state index contributed by atoms with van der Waals surface area (Å²) in [5.74, 6) is -2.73. The van der Waals surface area contributed by atoms with Gasteiger partial charge in [0.1, 0.15) is 28.5 Å². The molecular formula is C18H23F2N4O3S+. The third kappa shape index (κ3) is 6.68. The van der Waals surface area contributed by atoms with Crippen molar-refractivity contribution in [3.8, 4) is 0 Å². The van der Waals surface area contributed by atoms with Gasteiger partial charge in [-0.05, 0) is 26.0 Å². The van der Waals surface area contributed by atoms with Crippen molar-refractivity contribution in [1.82, 2.24) is 5.32 Å². The number of nitrogens with one attached hydrogen (secondary N) is 3. The Labute approximate surface area is 165 Å². The number of carbonyl (C=O) groups excluding carboxylic acids is 3. The van der Waals surface area contributed by atoms with Crippen LogP contribution in [0.15, 0.2) is 23.2 Å². The van der Waals surface area contributed by atoms with E-state index in [1.807, 2.05) is 20.9 Å². The van der Waals surface area contributed by atoms with Crippen LogP contribution in [0.2, 0.25) is 0 Å². The summed E-state index contributed by atoms with van der Waals surface area (Å²) in [4.78, 5) is 40.7. The van der Waals surface area contributed by atoms with Gasteiger partial charge in [-0.1, -0.05) is 11.8 Å². The lowest BCUT2D eigenvalue weighted by Gasteiger charge is -2.15. The van der Waals surface area contributed by atoms with Gasteiger partial charge in [0, 0.05) is 18.5 Å². The Kier molecular flexibility index (Phi) is 7.64. The van der Waals surface area contributed by atoms with Gasteiger partial charge in [-0.3, -0.25) is 14.4 Å². The second kappa shape index (κ2) is 9.74. The number of amides is 3. The molecule has 0 radical (unpaired) electrons. The Bertz CT molecular complexity index is 801. The average molecular weight is 413 g/mol. The maximum Gasteiger partial charge on any atom is 0.275 e. The van der Waals surface area contributed by atoms with Crippen molar-refractivity contribution in [2.45, 2.75) is 31.6 Å². The highest BCUT2D eigenvalue weighted by molar-refractivity contribution is 8.15. The number of quaternary nitrogens is 1. The summed E-state index contributed by atoms with van der Waals surface area (Å²) < 4.78 is 26.5. The number of likely N-dealkylation sites (N-methyl/N-ethyl adjacent to an activating group) is 1. The summed E-state index contributed by atoms with van der Waals surface area (Å²) in [6.45, 7) is 4.36. The third-order valence-corrected chi connectivity index (χ3v) is 4.89. The Balaban J connectivity index is 1.83. The molecule has 10 heteroatoms. The summed E-state index contributed by atoms with van der Waals surface area (Å²) in [7, 11) is 1.81. The Hall–Kier alpha value is -2.33. The van der Waals surface area contributed by atoms with Crippen LogP contribution in [-0.2, 0) is 14.4 Å². The second-order valence-corrected chi connectivity index (χ2v) is 8.14. The minimum atomic E-state index is -0.888. The van der Waals surface area contributed by atoms with Crippen LogP contribution in [0.3, 0.4) is 0 Å². The van der Waals surface area contributed by atoms with E-state index in [9.17, 15) is 23.2 Å². The van der Waals surface area contributed by atoms with Crippen LogP contribution in [0.1, 0.15) is 20.3 Å². The van der Waals surface area contributed by atoms with E-state index in [1.54, 1.807) is 0 Å². The monoisotopic (exact) mass is 413 g/mol. The lowest BCUT2D eigenvalue weighted by Crippen LogP contribution is -3.11. The molecule has 2 atom stereocenters. The fraction of sp³-hybridized carbons (Fsp3) is 0.444. The van der Waals surface area contributed by atoms with Gasteiger partial charge in [0.15, 0.2) is 6.54 Å². The molecule has 1 aliphatic rings. The molecule has 3 N–H and O–H groups in total. The first kappa shape index (κ1) is 22.0. The molecular weight excluding hydrogens is 390 g/mol. The van der Waals surface area contributed by atoms with Gasteiger partial charge < -0.3 is 15.5 Å². The van der Waals surface area contributed by atoms with Crippen molar-refractivity contribution in [3.05, 3.63) is 29.8 Å². The molecule has 1 aliphatic heterocycles. The molecule has 3 amide bonds. The van der Waals surface area contributed by atoms with Crippen molar-refractivity contribution in [3.63, 3.8) is 0 Å². The molecule has 1 aromatic carbocycles. The minimum Gasteiger partial charge on any atom is -0.349 e. The highest BCUT2D eigenvalue weighted by Crippen LogP contribution is 2.25. The Morgan fingerprint density at radius 3 is 2.64 bits per heavy atom. The molecule has 0 saturated heterocycles. The molecule has 152 valence electrons. The predicted molar refractivity (Wildman–Crippen MR) is 103 cm³/mol. The van der Waals surface area contributed by atoms with Gasteiger partial charge in [-0.15, -0.1) is 0 Å². The van der Waals surface area contributed by atoms with Crippen LogP contribution in [0.25, 0.3) is 0 Å². The summed E-state index contributed by atoms with van der Waals surface area (Å²) >= 11 is 1.17. The van der Waals surface area contributed by atoms with E-state index in [0.717, 1.165) is 17.0 Å². The zero-order valence-corrected chi connectivity index (χ0v) is 16.7. The number of halogens is 2. The molecule has 2 rings (SSSR count). The zero-order chi connectivity index (χ0) is 20.8. The maximum atomic E-state index is 13.6. The first-order chi connectivity index (χ1) is 13.1. The normalized spacial score (nSPS) is 17.4. The fourth-order valence-electron chi connectivity index (χ4n) is 2.57. The molecule has 28 heavy (non-hydrogen) atoms. The molecule has 0 fully saturated rings. The maximum absolute atomic E-state index is 13.6. The van der Waals surface area contributed by atoms with Crippen molar-refractivity contribution in [2.24, 2.45) is 4.99 Å². The number of aliphatic imine (C=N–C) groups is 1. The number of thioether (sulfide) groups is 1. The molecule has 0 spiro atoms. The highest BCUT2D eigenvalue weighted by atomic mass is 32.2. The number of benzene rings is 1. The molecule has 7 nitrogen and oxygen atoms in total. The van der Waals surface area contributed by atoms with Crippen LogP contribution in [0, 0.1) is 11.6 Å².